The largest absolute Gasteiger partial charge is 0.332 e. The van der Waals surface area contributed by atoms with Gasteiger partial charge in [-0.2, -0.15) is 0 Å². The van der Waals surface area contributed by atoms with E-state index in [-0.39, 0.29) is 29.1 Å². The molecule has 1 atom stereocenters. The fraction of sp³-hybridized carbons (Fsp3) is 0.550. The lowest BCUT2D eigenvalue weighted by Crippen LogP contribution is -2.45. The molecule has 0 spiro atoms. The van der Waals surface area contributed by atoms with Gasteiger partial charge >= 0.3 is 0 Å². The van der Waals surface area contributed by atoms with Crippen LogP contribution < -0.4 is 0 Å². The highest BCUT2D eigenvalue weighted by Crippen LogP contribution is 2.19. The molecule has 2 aromatic rings. The van der Waals surface area contributed by atoms with Gasteiger partial charge in [0.2, 0.25) is 0 Å². The normalized spacial score (nSPS) is 18.2. The van der Waals surface area contributed by atoms with E-state index in [1.807, 2.05) is 30.3 Å². The zero-order valence-electron chi connectivity index (χ0n) is 17.1. The maximum atomic E-state index is 13.2. The van der Waals surface area contributed by atoms with E-state index in [2.05, 4.69) is 29.1 Å². The van der Waals surface area contributed by atoms with Gasteiger partial charge in [-0.15, -0.1) is 5.10 Å². The molecular weight excluding hydrogens is 390 g/mol. The van der Waals surface area contributed by atoms with Crippen LogP contribution in [0.4, 0.5) is 0 Å². The number of likely N-dealkylation sites (N-methyl/N-ethyl adjacent to an activating group) is 1. The number of hydrogen-bond acceptors (Lipinski definition) is 6. The van der Waals surface area contributed by atoms with Crippen LogP contribution in [-0.4, -0.2) is 82.8 Å². The molecule has 1 aliphatic rings. The first-order valence-corrected chi connectivity index (χ1v) is 11.9. The molecule has 2 heterocycles. The minimum Gasteiger partial charge on any atom is -0.332 e. The van der Waals surface area contributed by atoms with Crippen molar-refractivity contribution in [1.29, 1.82) is 0 Å². The molecule has 3 rings (SSSR count). The molecular formula is C20H29N5O3S. The minimum absolute atomic E-state index is 0.0230. The SMILES string of the molecule is CCN(CC)CCN(C(=O)c1cn(Cc2ccccc2)nn1)C1CCS(=O)(=O)C1. The van der Waals surface area contributed by atoms with Crippen molar-refractivity contribution in [3.05, 3.63) is 47.8 Å². The summed E-state index contributed by atoms with van der Waals surface area (Å²) >= 11 is 0. The predicted octanol–water partition coefficient (Wildman–Crippen LogP) is 1.30. The van der Waals surface area contributed by atoms with E-state index in [0.29, 0.717) is 26.1 Å². The number of carbonyl (C=O) groups is 1. The maximum absolute atomic E-state index is 13.2. The molecule has 1 amide bonds. The monoisotopic (exact) mass is 419 g/mol. The summed E-state index contributed by atoms with van der Waals surface area (Å²) in [7, 11) is -3.09. The molecule has 1 aromatic carbocycles. The van der Waals surface area contributed by atoms with Crippen molar-refractivity contribution in [3.63, 3.8) is 0 Å². The highest BCUT2D eigenvalue weighted by molar-refractivity contribution is 7.91. The van der Waals surface area contributed by atoms with Crippen LogP contribution >= 0.6 is 0 Å². The fourth-order valence-electron chi connectivity index (χ4n) is 3.65. The molecule has 1 aliphatic heterocycles. The number of sulfone groups is 1. The molecule has 9 heteroatoms. The molecule has 0 bridgehead atoms. The number of aromatic nitrogens is 3. The van der Waals surface area contributed by atoms with Crippen molar-refractivity contribution in [2.45, 2.75) is 32.9 Å². The Labute approximate surface area is 172 Å². The van der Waals surface area contributed by atoms with Crippen LogP contribution in [0.3, 0.4) is 0 Å². The minimum atomic E-state index is -3.09. The Morgan fingerprint density at radius 1 is 1.17 bits per heavy atom. The van der Waals surface area contributed by atoms with Crippen LogP contribution in [0, 0.1) is 0 Å². The Morgan fingerprint density at radius 2 is 1.90 bits per heavy atom. The lowest BCUT2D eigenvalue weighted by atomic mass is 10.2. The summed E-state index contributed by atoms with van der Waals surface area (Å²) in [5.74, 6) is -0.0960. The molecule has 1 saturated heterocycles. The molecule has 0 saturated carbocycles. The molecule has 8 nitrogen and oxygen atoms in total. The molecule has 29 heavy (non-hydrogen) atoms. The van der Waals surface area contributed by atoms with E-state index < -0.39 is 9.84 Å². The molecule has 1 unspecified atom stereocenters. The number of rotatable bonds is 9. The van der Waals surface area contributed by atoms with Crippen LogP contribution in [0.1, 0.15) is 36.3 Å². The molecule has 0 aliphatic carbocycles. The third-order valence-corrected chi connectivity index (χ3v) is 7.16. The lowest BCUT2D eigenvalue weighted by molar-refractivity contribution is 0.0668. The average molecular weight is 420 g/mol. The Kier molecular flexibility index (Phi) is 7.02. The highest BCUT2D eigenvalue weighted by Gasteiger charge is 2.35. The molecule has 1 fully saturated rings. The highest BCUT2D eigenvalue weighted by atomic mass is 32.2. The Hall–Kier alpha value is -2.26. The van der Waals surface area contributed by atoms with Gasteiger partial charge in [0.05, 0.1) is 24.2 Å². The maximum Gasteiger partial charge on any atom is 0.276 e. The molecule has 0 radical (unpaired) electrons. The Bertz CT molecular complexity index is 909. The van der Waals surface area contributed by atoms with Gasteiger partial charge in [0, 0.05) is 19.1 Å². The van der Waals surface area contributed by atoms with Gasteiger partial charge < -0.3 is 9.80 Å². The smallest absolute Gasteiger partial charge is 0.276 e. The van der Waals surface area contributed by atoms with Crippen LogP contribution in [0.2, 0.25) is 0 Å². The number of carbonyl (C=O) groups excluding carboxylic acids is 1. The number of benzene rings is 1. The summed E-state index contributed by atoms with van der Waals surface area (Å²) in [6, 6.07) is 9.53. The van der Waals surface area contributed by atoms with Gasteiger partial charge in [0.1, 0.15) is 0 Å². The van der Waals surface area contributed by atoms with E-state index in [4.69, 9.17) is 0 Å². The molecule has 0 N–H and O–H groups in total. The Morgan fingerprint density at radius 3 is 2.52 bits per heavy atom. The number of nitrogens with zero attached hydrogens (tertiary/aromatic N) is 5. The Balaban J connectivity index is 1.75. The van der Waals surface area contributed by atoms with Crippen molar-refractivity contribution in [2.24, 2.45) is 0 Å². The summed E-state index contributed by atoms with van der Waals surface area (Å²) < 4.78 is 25.6. The van der Waals surface area contributed by atoms with E-state index in [0.717, 1.165) is 18.7 Å². The van der Waals surface area contributed by atoms with Crippen LogP contribution in [-0.2, 0) is 16.4 Å². The summed E-state index contributed by atoms with van der Waals surface area (Å²) in [6.45, 7) is 7.62. The van der Waals surface area contributed by atoms with E-state index in [9.17, 15) is 13.2 Å². The second-order valence-corrected chi connectivity index (χ2v) is 9.60. The van der Waals surface area contributed by atoms with Crippen LogP contribution in [0.15, 0.2) is 36.5 Å². The van der Waals surface area contributed by atoms with Crippen LogP contribution in [0.25, 0.3) is 0 Å². The van der Waals surface area contributed by atoms with Crippen molar-refractivity contribution < 1.29 is 13.2 Å². The summed E-state index contributed by atoms with van der Waals surface area (Å²) in [6.07, 6.45) is 2.12. The summed E-state index contributed by atoms with van der Waals surface area (Å²) in [4.78, 5) is 17.1. The standard InChI is InChI=1S/C20H29N5O3S/c1-3-23(4-2)11-12-25(18-10-13-29(27,28)16-18)20(26)19-15-24(22-21-19)14-17-8-6-5-7-9-17/h5-9,15,18H,3-4,10-14,16H2,1-2H3. The first-order chi connectivity index (χ1) is 13.9. The zero-order chi connectivity index (χ0) is 20.9. The van der Waals surface area contributed by atoms with Gasteiger partial charge in [-0.25, -0.2) is 13.1 Å². The summed E-state index contributed by atoms with van der Waals surface area (Å²) in [5.41, 5.74) is 1.32. The predicted molar refractivity (Wildman–Crippen MR) is 111 cm³/mol. The topological polar surface area (TPSA) is 88.4 Å². The average Bonchev–Trinajstić information content (AvgIpc) is 3.32. The van der Waals surface area contributed by atoms with Crippen molar-refractivity contribution >= 4 is 15.7 Å². The zero-order valence-corrected chi connectivity index (χ0v) is 17.9. The third-order valence-electron chi connectivity index (χ3n) is 5.41. The van der Waals surface area contributed by atoms with Gasteiger partial charge in [-0.1, -0.05) is 49.4 Å². The lowest BCUT2D eigenvalue weighted by Gasteiger charge is -2.30. The van der Waals surface area contributed by atoms with Gasteiger partial charge in [0.15, 0.2) is 15.5 Å². The van der Waals surface area contributed by atoms with Gasteiger partial charge in [-0.3, -0.25) is 4.79 Å². The van der Waals surface area contributed by atoms with E-state index in [1.165, 1.54) is 0 Å². The second-order valence-electron chi connectivity index (χ2n) is 7.37. The first-order valence-electron chi connectivity index (χ1n) is 10.1. The molecule has 1 aromatic heterocycles. The van der Waals surface area contributed by atoms with Crippen molar-refractivity contribution in [1.82, 2.24) is 24.8 Å². The summed E-state index contributed by atoms with van der Waals surface area (Å²) in [5, 5.41) is 8.16. The third kappa shape index (κ3) is 5.63. The molecule has 158 valence electrons. The number of amides is 1. The second kappa shape index (κ2) is 9.49. The van der Waals surface area contributed by atoms with E-state index >= 15 is 0 Å². The van der Waals surface area contributed by atoms with Crippen molar-refractivity contribution in [2.75, 3.05) is 37.7 Å². The van der Waals surface area contributed by atoms with Gasteiger partial charge in [-0.05, 0) is 25.1 Å². The van der Waals surface area contributed by atoms with Crippen LogP contribution in [0.5, 0.6) is 0 Å². The van der Waals surface area contributed by atoms with Crippen molar-refractivity contribution in [3.8, 4) is 0 Å². The first kappa shape index (κ1) is 21.4. The fourth-order valence-corrected chi connectivity index (χ4v) is 5.38. The number of hydrogen-bond donors (Lipinski definition) is 0. The van der Waals surface area contributed by atoms with Gasteiger partial charge in [0.25, 0.3) is 5.91 Å². The van der Waals surface area contributed by atoms with E-state index in [1.54, 1.807) is 15.8 Å². The quantitative estimate of drug-likeness (QED) is 0.609.